The molecule has 0 aromatic carbocycles. The van der Waals surface area contributed by atoms with Crippen molar-refractivity contribution >= 4 is 0 Å². The first-order valence-corrected chi connectivity index (χ1v) is 8.19. The highest BCUT2D eigenvalue weighted by Gasteiger charge is 2.59. The molecule has 0 spiro atoms. The SMILES string of the molecule is OC1[C@@H]2CCC[C@]1(C1CCCCC1)[C@H]1C=C[C@@H]2C1. The Labute approximate surface area is 111 Å². The van der Waals surface area contributed by atoms with Crippen LogP contribution < -0.4 is 0 Å². The minimum absolute atomic E-state index is 0.00750. The van der Waals surface area contributed by atoms with E-state index in [0.717, 1.165) is 5.92 Å². The highest BCUT2D eigenvalue weighted by Crippen LogP contribution is 2.63. The lowest BCUT2D eigenvalue weighted by atomic mass is 9.48. The molecule has 0 saturated heterocycles. The fourth-order valence-corrected chi connectivity index (χ4v) is 6.03. The highest BCUT2D eigenvalue weighted by atomic mass is 16.3. The van der Waals surface area contributed by atoms with Gasteiger partial charge in [0.05, 0.1) is 6.10 Å². The predicted molar refractivity (Wildman–Crippen MR) is 73.1 cm³/mol. The molecule has 0 amide bonds. The molecule has 5 atom stereocenters. The van der Waals surface area contributed by atoms with Crippen LogP contribution in [0, 0.1) is 29.1 Å². The second kappa shape index (κ2) is 4.10. The van der Waals surface area contributed by atoms with E-state index in [1.807, 2.05) is 0 Å². The maximum absolute atomic E-state index is 11.0. The monoisotopic (exact) mass is 246 g/mol. The van der Waals surface area contributed by atoms with E-state index in [-0.39, 0.29) is 11.5 Å². The Morgan fingerprint density at radius 3 is 2.61 bits per heavy atom. The molecule has 1 unspecified atom stereocenters. The molecule has 0 heterocycles. The number of hydrogen-bond acceptors (Lipinski definition) is 1. The summed E-state index contributed by atoms with van der Waals surface area (Å²) in [4.78, 5) is 0. The highest BCUT2D eigenvalue weighted by molar-refractivity contribution is 5.20. The second-order valence-corrected chi connectivity index (χ2v) is 7.34. The molecule has 3 saturated carbocycles. The molecule has 4 aliphatic carbocycles. The van der Waals surface area contributed by atoms with E-state index in [4.69, 9.17) is 0 Å². The van der Waals surface area contributed by atoms with Gasteiger partial charge in [0.2, 0.25) is 0 Å². The van der Waals surface area contributed by atoms with Crippen molar-refractivity contribution in [2.75, 3.05) is 0 Å². The first kappa shape index (κ1) is 11.5. The van der Waals surface area contributed by atoms with Crippen molar-refractivity contribution in [2.24, 2.45) is 29.1 Å². The van der Waals surface area contributed by atoms with Gasteiger partial charge < -0.3 is 5.11 Å². The summed E-state index contributed by atoms with van der Waals surface area (Å²) in [6.45, 7) is 0. The van der Waals surface area contributed by atoms with Crippen LogP contribution in [0.25, 0.3) is 0 Å². The van der Waals surface area contributed by atoms with Gasteiger partial charge in [-0.2, -0.15) is 0 Å². The van der Waals surface area contributed by atoms with E-state index in [1.165, 1.54) is 57.8 Å². The van der Waals surface area contributed by atoms with Crippen molar-refractivity contribution in [1.29, 1.82) is 0 Å². The van der Waals surface area contributed by atoms with Crippen LogP contribution in [0.2, 0.25) is 0 Å². The second-order valence-electron chi connectivity index (χ2n) is 7.34. The van der Waals surface area contributed by atoms with Crippen LogP contribution >= 0.6 is 0 Å². The lowest BCUT2D eigenvalue weighted by Gasteiger charge is -2.58. The Morgan fingerprint density at radius 1 is 0.944 bits per heavy atom. The van der Waals surface area contributed by atoms with Crippen LogP contribution in [0.5, 0.6) is 0 Å². The normalized spacial score (nSPS) is 51.6. The first-order chi connectivity index (χ1) is 8.82. The molecular formula is C17H26O. The molecule has 100 valence electrons. The zero-order chi connectivity index (χ0) is 12.2. The topological polar surface area (TPSA) is 20.2 Å². The summed E-state index contributed by atoms with van der Waals surface area (Å²) < 4.78 is 0. The van der Waals surface area contributed by atoms with Crippen molar-refractivity contribution in [1.82, 2.24) is 0 Å². The maximum atomic E-state index is 11.0. The Morgan fingerprint density at radius 2 is 1.78 bits per heavy atom. The van der Waals surface area contributed by atoms with Gasteiger partial charge >= 0.3 is 0 Å². The van der Waals surface area contributed by atoms with Gasteiger partial charge in [0.25, 0.3) is 0 Å². The van der Waals surface area contributed by atoms with Gasteiger partial charge in [0.15, 0.2) is 0 Å². The number of fused-ring (bicyclic) bond motifs is 6. The summed E-state index contributed by atoms with van der Waals surface area (Å²) >= 11 is 0. The Balaban J connectivity index is 1.72. The Kier molecular flexibility index (Phi) is 2.62. The van der Waals surface area contributed by atoms with Gasteiger partial charge in [0.1, 0.15) is 0 Å². The predicted octanol–water partition coefficient (Wildman–Crippen LogP) is 3.92. The van der Waals surface area contributed by atoms with Gasteiger partial charge in [-0.1, -0.05) is 37.8 Å². The zero-order valence-electron chi connectivity index (χ0n) is 11.4. The third-order valence-corrected chi connectivity index (χ3v) is 6.83. The quantitative estimate of drug-likeness (QED) is 0.695. The van der Waals surface area contributed by atoms with E-state index in [0.29, 0.717) is 17.8 Å². The molecule has 0 aliphatic heterocycles. The smallest absolute Gasteiger partial charge is 0.0638 e. The van der Waals surface area contributed by atoms with Gasteiger partial charge in [-0.05, 0) is 55.8 Å². The number of hydrogen-bond donors (Lipinski definition) is 1. The van der Waals surface area contributed by atoms with Crippen molar-refractivity contribution < 1.29 is 5.11 Å². The van der Waals surface area contributed by atoms with Crippen molar-refractivity contribution in [3.05, 3.63) is 12.2 Å². The molecule has 4 aliphatic rings. The zero-order valence-corrected chi connectivity index (χ0v) is 11.4. The summed E-state index contributed by atoms with van der Waals surface area (Å²) in [5.74, 6) is 2.83. The first-order valence-electron chi connectivity index (χ1n) is 8.19. The van der Waals surface area contributed by atoms with Crippen molar-refractivity contribution in [2.45, 2.75) is 63.9 Å². The molecule has 0 radical (unpaired) electrons. The lowest BCUT2D eigenvalue weighted by Crippen LogP contribution is -2.56. The molecule has 1 N–H and O–H groups in total. The summed E-state index contributed by atoms with van der Waals surface area (Å²) in [5, 5.41) is 11.0. The van der Waals surface area contributed by atoms with E-state index in [1.54, 1.807) is 0 Å². The molecule has 1 heteroatoms. The van der Waals surface area contributed by atoms with Crippen LogP contribution in [0.15, 0.2) is 12.2 Å². The Hall–Kier alpha value is -0.300. The summed E-state index contributed by atoms with van der Waals surface area (Å²) in [5.41, 5.74) is 0.285. The fraction of sp³-hybridized carbons (Fsp3) is 0.882. The largest absolute Gasteiger partial charge is 0.392 e. The van der Waals surface area contributed by atoms with Crippen molar-refractivity contribution in [3.8, 4) is 0 Å². The number of aliphatic hydroxyl groups excluding tert-OH is 1. The van der Waals surface area contributed by atoms with Gasteiger partial charge in [-0.15, -0.1) is 0 Å². The van der Waals surface area contributed by atoms with E-state index in [2.05, 4.69) is 12.2 Å². The third-order valence-electron chi connectivity index (χ3n) is 6.83. The van der Waals surface area contributed by atoms with Crippen LogP contribution in [0.1, 0.15) is 57.8 Å². The summed E-state index contributed by atoms with van der Waals surface area (Å²) in [6.07, 6.45) is 17.3. The fourth-order valence-electron chi connectivity index (χ4n) is 6.03. The molecule has 0 aromatic heterocycles. The minimum atomic E-state index is 0.00750. The average molecular weight is 246 g/mol. The van der Waals surface area contributed by atoms with Crippen LogP contribution in [-0.4, -0.2) is 11.2 Å². The minimum Gasteiger partial charge on any atom is -0.392 e. The summed E-state index contributed by atoms with van der Waals surface area (Å²) in [6, 6.07) is 0. The lowest BCUT2D eigenvalue weighted by molar-refractivity contribution is -0.153. The van der Waals surface area contributed by atoms with Gasteiger partial charge in [0, 0.05) is 5.41 Å². The van der Waals surface area contributed by atoms with Gasteiger partial charge in [-0.25, -0.2) is 0 Å². The van der Waals surface area contributed by atoms with E-state index in [9.17, 15) is 5.11 Å². The standard InChI is InChI=1S/C17H26O/c18-16-15-7-4-10-17(16,13-5-2-1-3-6-13)14-9-8-12(15)11-14/h8-9,12-16,18H,1-7,10-11H2/t12-,14+,15-,16?,17+/m1/s1. The number of aliphatic hydroxyl groups is 1. The van der Waals surface area contributed by atoms with Crippen LogP contribution in [0.3, 0.4) is 0 Å². The number of rotatable bonds is 1. The van der Waals surface area contributed by atoms with Crippen LogP contribution in [0.4, 0.5) is 0 Å². The van der Waals surface area contributed by atoms with Gasteiger partial charge in [-0.3, -0.25) is 0 Å². The van der Waals surface area contributed by atoms with E-state index < -0.39 is 0 Å². The maximum Gasteiger partial charge on any atom is 0.0638 e. The molecular weight excluding hydrogens is 220 g/mol. The Bertz CT molecular complexity index is 355. The molecule has 4 bridgehead atoms. The number of allylic oxidation sites excluding steroid dienone is 2. The molecule has 1 nitrogen and oxygen atoms in total. The van der Waals surface area contributed by atoms with E-state index >= 15 is 0 Å². The van der Waals surface area contributed by atoms with Crippen molar-refractivity contribution in [3.63, 3.8) is 0 Å². The molecule has 4 rings (SSSR count). The molecule has 18 heavy (non-hydrogen) atoms. The molecule has 3 fully saturated rings. The summed E-state index contributed by atoms with van der Waals surface area (Å²) in [7, 11) is 0. The average Bonchev–Trinajstić information content (AvgIpc) is 2.87. The molecule has 0 aromatic rings. The third kappa shape index (κ3) is 1.37. The van der Waals surface area contributed by atoms with Crippen LogP contribution in [-0.2, 0) is 0 Å².